The predicted octanol–water partition coefficient (Wildman–Crippen LogP) is 2.69. The molecule has 31 heavy (non-hydrogen) atoms. The highest BCUT2D eigenvalue weighted by Crippen LogP contribution is 2.39. The second kappa shape index (κ2) is 11.0. The normalized spacial score (nSPS) is 14.0. The number of morpholine rings is 1. The van der Waals surface area contributed by atoms with E-state index in [0.29, 0.717) is 44.4 Å². The first kappa shape index (κ1) is 22.9. The van der Waals surface area contributed by atoms with Crippen LogP contribution in [0.25, 0.3) is 0 Å². The van der Waals surface area contributed by atoms with Gasteiger partial charge in [-0.25, -0.2) is 0 Å². The average molecular weight is 433 g/mol. The summed E-state index contributed by atoms with van der Waals surface area (Å²) >= 11 is 0. The molecule has 3 rings (SSSR count). The number of benzene rings is 1. The zero-order valence-electron chi connectivity index (χ0n) is 18.8. The summed E-state index contributed by atoms with van der Waals surface area (Å²) in [5, 5.41) is 6.95. The summed E-state index contributed by atoms with van der Waals surface area (Å²) in [5.41, 5.74) is 2.33. The predicted molar refractivity (Wildman–Crippen MR) is 118 cm³/mol. The largest absolute Gasteiger partial charge is 0.492 e. The molecule has 1 aromatic carbocycles. The van der Waals surface area contributed by atoms with Crippen LogP contribution in [-0.4, -0.2) is 69.1 Å². The molecule has 9 heteroatoms. The van der Waals surface area contributed by atoms with Crippen molar-refractivity contribution in [3.63, 3.8) is 0 Å². The van der Waals surface area contributed by atoms with E-state index in [2.05, 4.69) is 15.4 Å². The van der Waals surface area contributed by atoms with Crippen LogP contribution in [0.3, 0.4) is 0 Å². The van der Waals surface area contributed by atoms with Gasteiger partial charge in [0.15, 0.2) is 0 Å². The molecule has 2 heterocycles. The molecule has 0 saturated carbocycles. The summed E-state index contributed by atoms with van der Waals surface area (Å²) in [6.45, 7) is 10.3. The quantitative estimate of drug-likeness (QED) is 0.613. The summed E-state index contributed by atoms with van der Waals surface area (Å²) in [7, 11) is 1.86. The van der Waals surface area contributed by atoms with Gasteiger partial charge >= 0.3 is 0 Å². The van der Waals surface area contributed by atoms with Gasteiger partial charge in [0, 0.05) is 37.8 Å². The van der Waals surface area contributed by atoms with Gasteiger partial charge in [0.1, 0.15) is 17.3 Å². The third kappa shape index (κ3) is 6.35. The van der Waals surface area contributed by atoms with Gasteiger partial charge in [-0.05, 0) is 27.8 Å². The van der Waals surface area contributed by atoms with Crippen molar-refractivity contribution >= 4 is 17.3 Å². The van der Waals surface area contributed by atoms with Crippen molar-refractivity contribution in [2.24, 2.45) is 0 Å². The summed E-state index contributed by atoms with van der Waals surface area (Å²) in [6.07, 6.45) is 0. The van der Waals surface area contributed by atoms with Crippen molar-refractivity contribution in [2.45, 2.75) is 27.3 Å². The minimum atomic E-state index is -0.148. The Hall–Kier alpha value is -2.78. The van der Waals surface area contributed by atoms with E-state index in [0.717, 1.165) is 36.0 Å². The number of rotatable bonds is 10. The number of ether oxygens (including phenoxy) is 3. The van der Waals surface area contributed by atoms with Gasteiger partial charge in [-0.1, -0.05) is 5.16 Å². The molecule has 0 bridgehead atoms. The molecule has 1 aromatic heterocycles. The lowest BCUT2D eigenvalue weighted by molar-refractivity contribution is -0.117. The van der Waals surface area contributed by atoms with Crippen LogP contribution in [0.5, 0.6) is 11.5 Å². The fourth-order valence-corrected chi connectivity index (χ4v) is 3.50. The van der Waals surface area contributed by atoms with Crippen LogP contribution < -0.4 is 19.7 Å². The van der Waals surface area contributed by atoms with Crippen molar-refractivity contribution in [2.75, 3.05) is 63.3 Å². The van der Waals surface area contributed by atoms with Crippen molar-refractivity contribution in [3.8, 4) is 11.5 Å². The summed E-state index contributed by atoms with van der Waals surface area (Å²) in [6, 6.07) is 5.65. The Labute approximate surface area is 183 Å². The molecule has 0 radical (unpaired) electrons. The maximum absolute atomic E-state index is 12.7. The Morgan fingerprint density at radius 3 is 2.52 bits per heavy atom. The Kier molecular flexibility index (Phi) is 8.13. The number of nitrogens with zero attached hydrogens (tertiary/aromatic N) is 3. The minimum absolute atomic E-state index is 0.148. The van der Waals surface area contributed by atoms with Crippen molar-refractivity contribution in [1.29, 1.82) is 0 Å². The Morgan fingerprint density at radius 2 is 1.87 bits per heavy atom. The second-order valence-corrected chi connectivity index (χ2v) is 7.43. The molecule has 1 aliphatic heterocycles. The lowest BCUT2D eigenvalue weighted by Crippen LogP contribution is -2.36. The van der Waals surface area contributed by atoms with Gasteiger partial charge in [0.2, 0.25) is 5.91 Å². The first-order valence-corrected chi connectivity index (χ1v) is 10.7. The van der Waals surface area contributed by atoms with E-state index in [1.807, 2.05) is 50.9 Å². The standard InChI is InChI=1S/C22H32N4O5/c1-5-29-20-13-19(26-7-9-28-10-8-26)21(30-6-2)12-18(20)23-22(27)15-25(4)14-17-11-16(3)31-24-17/h11-13H,5-10,14-15H2,1-4H3,(H,23,27). The number of nitrogens with one attached hydrogen (secondary N) is 1. The monoisotopic (exact) mass is 432 g/mol. The number of amides is 1. The maximum Gasteiger partial charge on any atom is 0.238 e. The Balaban J connectivity index is 1.74. The zero-order chi connectivity index (χ0) is 22.2. The van der Waals surface area contributed by atoms with E-state index in [4.69, 9.17) is 18.7 Å². The molecule has 1 aliphatic rings. The van der Waals surface area contributed by atoms with E-state index < -0.39 is 0 Å². The molecule has 0 aliphatic carbocycles. The molecular formula is C22H32N4O5. The average Bonchev–Trinajstić information content (AvgIpc) is 3.15. The van der Waals surface area contributed by atoms with Crippen LogP contribution in [0.4, 0.5) is 11.4 Å². The number of carbonyl (C=O) groups is 1. The molecular weight excluding hydrogens is 400 g/mol. The van der Waals surface area contributed by atoms with Gasteiger partial charge < -0.3 is 29.0 Å². The number of anilines is 2. The minimum Gasteiger partial charge on any atom is -0.492 e. The molecule has 0 unspecified atom stereocenters. The SMILES string of the molecule is CCOc1cc(N2CCOCC2)c(OCC)cc1NC(=O)CN(C)Cc1cc(C)on1. The molecule has 9 nitrogen and oxygen atoms in total. The van der Waals surface area contributed by atoms with E-state index in [-0.39, 0.29) is 12.5 Å². The van der Waals surface area contributed by atoms with Crippen LogP contribution in [0.1, 0.15) is 25.3 Å². The number of hydrogen-bond donors (Lipinski definition) is 1. The lowest BCUT2D eigenvalue weighted by atomic mass is 10.2. The van der Waals surface area contributed by atoms with Crippen LogP contribution in [0.2, 0.25) is 0 Å². The van der Waals surface area contributed by atoms with Crippen LogP contribution in [-0.2, 0) is 16.1 Å². The molecule has 0 atom stereocenters. The Morgan fingerprint density at radius 1 is 1.16 bits per heavy atom. The number of aromatic nitrogens is 1. The third-order valence-corrected chi connectivity index (χ3v) is 4.81. The first-order chi connectivity index (χ1) is 15.0. The highest BCUT2D eigenvalue weighted by molar-refractivity contribution is 5.94. The van der Waals surface area contributed by atoms with Gasteiger partial charge in [-0.2, -0.15) is 0 Å². The van der Waals surface area contributed by atoms with E-state index >= 15 is 0 Å². The molecule has 1 amide bonds. The van der Waals surface area contributed by atoms with Gasteiger partial charge in [-0.15, -0.1) is 0 Å². The van der Waals surface area contributed by atoms with Crippen molar-refractivity contribution in [3.05, 3.63) is 29.7 Å². The van der Waals surface area contributed by atoms with Gasteiger partial charge in [-0.3, -0.25) is 9.69 Å². The molecule has 1 N–H and O–H groups in total. The molecule has 1 fully saturated rings. The highest BCUT2D eigenvalue weighted by atomic mass is 16.5. The number of hydrogen-bond acceptors (Lipinski definition) is 8. The number of carbonyl (C=O) groups excluding carboxylic acids is 1. The molecule has 1 saturated heterocycles. The Bertz CT molecular complexity index is 864. The smallest absolute Gasteiger partial charge is 0.238 e. The molecule has 0 spiro atoms. The first-order valence-electron chi connectivity index (χ1n) is 10.7. The highest BCUT2D eigenvalue weighted by Gasteiger charge is 2.21. The maximum atomic E-state index is 12.7. The summed E-state index contributed by atoms with van der Waals surface area (Å²) < 4.78 is 22.3. The van der Waals surface area contributed by atoms with Crippen LogP contribution >= 0.6 is 0 Å². The second-order valence-electron chi connectivity index (χ2n) is 7.43. The van der Waals surface area contributed by atoms with Crippen LogP contribution in [0.15, 0.2) is 22.7 Å². The third-order valence-electron chi connectivity index (χ3n) is 4.81. The molecule has 170 valence electrons. The number of aryl methyl sites for hydroxylation is 1. The summed E-state index contributed by atoms with van der Waals surface area (Å²) in [5.74, 6) is 1.94. The van der Waals surface area contributed by atoms with E-state index in [1.165, 1.54) is 0 Å². The van der Waals surface area contributed by atoms with Crippen molar-refractivity contribution < 1.29 is 23.5 Å². The van der Waals surface area contributed by atoms with Crippen molar-refractivity contribution in [1.82, 2.24) is 10.1 Å². The fraction of sp³-hybridized carbons (Fsp3) is 0.545. The topological polar surface area (TPSA) is 89.3 Å². The zero-order valence-corrected chi connectivity index (χ0v) is 18.8. The van der Waals surface area contributed by atoms with Gasteiger partial charge in [0.05, 0.1) is 50.0 Å². The number of likely N-dealkylation sites (N-methyl/N-ethyl adjacent to an activating group) is 1. The molecule has 2 aromatic rings. The fourth-order valence-electron chi connectivity index (χ4n) is 3.50. The van der Waals surface area contributed by atoms with E-state index in [9.17, 15) is 4.79 Å². The lowest BCUT2D eigenvalue weighted by Gasteiger charge is -2.31. The van der Waals surface area contributed by atoms with Gasteiger partial charge in [0.25, 0.3) is 0 Å². The van der Waals surface area contributed by atoms with Crippen LogP contribution in [0, 0.1) is 6.92 Å². The summed E-state index contributed by atoms with van der Waals surface area (Å²) in [4.78, 5) is 16.8. The van der Waals surface area contributed by atoms with E-state index in [1.54, 1.807) is 0 Å².